The molecule has 0 radical (unpaired) electrons. The second-order valence-electron chi connectivity index (χ2n) is 7.41. The van der Waals surface area contributed by atoms with E-state index in [1.54, 1.807) is 36.4 Å². The first-order valence-corrected chi connectivity index (χ1v) is 11.4. The van der Waals surface area contributed by atoms with Crippen LogP contribution in [0, 0.1) is 0 Å². The van der Waals surface area contributed by atoms with Gasteiger partial charge >= 0.3 is 12.0 Å². The third-order valence-electron chi connectivity index (χ3n) is 4.99. The second kappa shape index (κ2) is 11.8. The van der Waals surface area contributed by atoms with Gasteiger partial charge in [-0.1, -0.05) is 35.3 Å². The van der Waals surface area contributed by atoms with Crippen LogP contribution < -0.4 is 14.8 Å². The van der Waals surface area contributed by atoms with Crippen molar-refractivity contribution < 1.29 is 28.6 Å². The van der Waals surface area contributed by atoms with Gasteiger partial charge in [0, 0.05) is 21.2 Å². The van der Waals surface area contributed by atoms with Gasteiger partial charge in [0.05, 0.1) is 13.7 Å². The number of allylic oxidation sites excluding steroid dienone is 1. The first kappa shape index (κ1) is 26.1. The van der Waals surface area contributed by atoms with Gasteiger partial charge in [-0.3, -0.25) is 9.59 Å². The van der Waals surface area contributed by atoms with E-state index < -0.39 is 24.5 Å². The van der Waals surface area contributed by atoms with E-state index in [-0.39, 0.29) is 12.3 Å². The third-order valence-corrected chi connectivity index (χ3v) is 5.58. The van der Waals surface area contributed by atoms with Crippen LogP contribution in [0.4, 0.5) is 4.79 Å². The predicted molar refractivity (Wildman–Crippen MR) is 133 cm³/mol. The predicted octanol–water partition coefficient (Wildman–Crippen LogP) is 4.77. The van der Waals surface area contributed by atoms with Crippen LogP contribution in [-0.4, -0.2) is 43.1 Å². The monoisotopic (exact) mass is 518 g/mol. The standard InChI is InChI=1S/C25H24Cl2N2O6/c1-4-6-16-9-15(10-20-24(31)29(25(32)28-20)13-22(30)33-3)11-21(34-5-2)23(16)35-14-17-7-8-18(26)12-19(17)27/h4,7-12H,1,5-6,13-14H2,2-3H3,(H,28,32)/b20-10+. The SMILES string of the molecule is C=CCc1cc(/C=C2/NC(=O)N(CC(=O)OC)C2=O)cc(OCC)c1OCc1ccc(Cl)cc1Cl. The Kier molecular flexibility index (Phi) is 8.78. The summed E-state index contributed by atoms with van der Waals surface area (Å²) in [6, 6.07) is 7.95. The van der Waals surface area contributed by atoms with Crippen molar-refractivity contribution in [3.05, 3.63) is 75.4 Å². The molecule has 1 saturated heterocycles. The molecule has 8 nitrogen and oxygen atoms in total. The van der Waals surface area contributed by atoms with Gasteiger partial charge in [-0.05, 0) is 49.2 Å². The number of imide groups is 1. The lowest BCUT2D eigenvalue weighted by molar-refractivity contribution is -0.143. The molecule has 0 bridgehead atoms. The zero-order valence-electron chi connectivity index (χ0n) is 19.2. The molecule has 0 unspecified atom stereocenters. The molecule has 184 valence electrons. The van der Waals surface area contributed by atoms with Crippen LogP contribution >= 0.6 is 23.2 Å². The van der Waals surface area contributed by atoms with Gasteiger partial charge < -0.3 is 19.5 Å². The molecule has 0 saturated carbocycles. The van der Waals surface area contributed by atoms with Crippen molar-refractivity contribution in [3.63, 3.8) is 0 Å². The average Bonchev–Trinajstić information content (AvgIpc) is 3.07. The quantitative estimate of drug-likeness (QED) is 0.211. The van der Waals surface area contributed by atoms with E-state index in [1.165, 1.54) is 13.2 Å². The molecule has 0 spiro atoms. The average molecular weight is 519 g/mol. The van der Waals surface area contributed by atoms with Crippen molar-refractivity contribution >= 4 is 47.2 Å². The fourth-order valence-corrected chi connectivity index (χ4v) is 3.83. The number of benzene rings is 2. The first-order chi connectivity index (χ1) is 16.8. The van der Waals surface area contributed by atoms with Gasteiger partial charge in [-0.2, -0.15) is 0 Å². The van der Waals surface area contributed by atoms with Gasteiger partial charge in [-0.25, -0.2) is 9.69 Å². The molecule has 3 amide bonds. The lowest BCUT2D eigenvalue weighted by Gasteiger charge is -2.17. The number of halogens is 2. The molecule has 1 aliphatic rings. The fraction of sp³-hybridized carbons (Fsp3) is 0.240. The van der Waals surface area contributed by atoms with Crippen molar-refractivity contribution in [2.45, 2.75) is 20.0 Å². The Morgan fingerprint density at radius 3 is 2.57 bits per heavy atom. The summed E-state index contributed by atoms with van der Waals surface area (Å²) in [5.74, 6) is -0.383. The zero-order valence-corrected chi connectivity index (χ0v) is 20.7. The Morgan fingerprint density at radius 1 is 1.14 bits per heavy atom. The summed E-state index contributed by atoms with van der Waals surface area (Å²) in [7, 11) is 1.18. The van der Waals surface area contributed by atoms with Crippen molar-refractivity contribution in [2.24, 2.45) is 0 Å². The third kappa shape index (κ3) is 6.35. The molecule has 3 rings (SSSR count). The van der Waals surface area contributed by atoms with E-state index in [4.69, 9.17) is 32.7 Å². The van der Waals surface area contributed by atoms with Crippen LogP contribution in [0.3, 0.4) is 0 Å². The molecule has 10 heteroatoms. The number of hydrogen-bond acceptors (Lipinski definition) is 6. The second-order valence-corrected chi connectivity index (χ2v) is 8.26. The largest absolute Gasteiger partial charge is 0.490 e. The summed E-state index contributed by atoms with van der Waals surface area (Å²) >= 11 is 12.3. The topological polar surface area (TPSA) is 94.2 Å². The summed E-state index contributed by atoms with van der Waals surface area (Å²) in [4.78, 5) is 37.1. The number of carbonyl (C=O) groups is 3. The highest BCUT2D eigenvalue weighted by molar-refractivity contribution is 6.35. The summed E-state index contributed by atoms with van der Waals surface area (Å²) in [5, 5.41) is 3.49. The first-order valence-electron chi connectivity index (χ1n) is 10.7. The molecule has 1 aliphatic heterocycles. The highest BCUT2D eigenvalue weighted by atomic mass is 35.5. The minimum absolute atomic E-state index is 0.0209. The number of urea groups is 1. The number of nitrogens with one attached hydrogen (secondary N) is 1. The molecule has 1 fully saturated rings. The number of rotatable bonds is 10. The lowest BCUT2D eigenvalue weighted by Crippen LogP contribution is -2.36. The van der Waals surface area contributed by atoms with Crippen LogP contribution in [0.5, 0.6) is 11.5 Å². The molecule has 1 N–H and O–H groups in total. The molecule has 0 aromatic heterocycles. The summed E-state index contributed by atoms with van der Waals surface area (Å²) in [6.45, 7) is 5.71. The van der Waals surface area contributed by atoms with Crippen molar-refractivity contribution in [1.29, 1.82) is 0 Å². The van der Waals surface area contributed by atoms with E-state index in [0.29, 0.717) is 40.1 Å². The Bertz CT molecular complexity index is 1190. The van der Waals surface area contributed by atoms with Gasteiger partial charge in [0.2, 0.25) is 0 Å². The molecular weight excluding hydrogens is 495 g/mol. The van der Waals surface area contributed by atoms with Crippen LogP contribution in [0.2, 0.25) is 10.0 Å². The highest BCUT2D eigenvalue weighted by Crippen LogP contribution is 2.36. The van der Waals surface area contributed by atoms with Gasteiger partial charge in [0.25, 0.3) is 5.91 Å². The summed E-state index contributed by atoms with van der Waals surface area (Å²) < 4.78 is 16.5. The molecule has 1 heterocycles. The van der Waals surface area contributed by atoms with Crippen LogP contribution in [-0.2, 0) is 27.4 Å². The Morgan fingerprint density at radius 2 is 1.91 bits per heavy atom. The molecule has 2 aromatic rings. The van der Waals surface area contributed by atoms with Crippen LogP contribution in [0.1, 0.15) is 23.6 Å². The van der Waals surface area contributed by atoms with Crippen molar-refractivity contribution in [3.8, 4) is 11.5 Å². The van der Waals surface area contributed by atoms with E-state index in [1.807, 2.05) is 6.92 Å². The highest BCUT2D eigenvalue weighted by Gasteiger charge is 2.35. The number of nitrogens with zero attached hydrogens (tertiary/aromatic N) is 1. The Labute approximate surface area is 213 Å². The zero-order chi connectivity index (χ0) is 25.5. The van der Waals surface area contributed by atoms with Crippen molar-refractivity contribution in [1.82, 2.24) is 10.2 Å². The van der Waals surface area contributed by atoms with E-state index in [0.717, 1.165) is 16.0 Å². The van der Waals surface area contributed by atoms with Crippen LogP contribution in [0.25, 0.3) is 6.08 Å². The smallest absolute Gasteiger partial charge is 0.329 e. The maximum Gasteiger partial charge on any atom is 0.329 e. The van der Waals surface area contributed by atoms with E-state index in [2.05, 4.69) is 16.6 Å². The number of esters is 1. The molecule has 0 aliphatic carbocycles. The normalized spacial score (nSPS) is 14.2. The van der Waals surface area contributed by atoms with E-state index >= 15 is 0 Å². The van der Waals surface area contributed by atoms with Gasteiger partial charge in [-0.15, -0.1) is 6.58 Å². The van der Waals surface area contributed by atoms with Gasteiger partial charge in [0.15, 0.2) is 11.5 Å². The van der Waals surface area contributed by atoms with Crippen molar-refractivity contribution in [2.75, 3.05) is 20.3 Å². The lowest BCUT2D eigenvalue weighted by atomic mass is 10.0. The minimum atomic E-state index is -0.706. The fourth-order valence-electron chi connectivity index (χ4n) is 3.36. The minimum Gasteiger partial charge on any atom is -0.490 e. The summed E-state index contributed by atoms with van der Waals surface area (Å²) in [5.41, 5.74) is 2.11. The molecular formula is C25H24Cl2N2O6. The molecule has 0 atom stereocenters. The maximum absolute atomic E-state index is 12.6. The van der Waals surface area contributed by atoms with Gasteiger partial charge in [0.1, 0.15) is 18.8 Å². The Hall–Kier alpha value is -3.49. The Balaban J connectivity index is 1.94. The summed E-state index contributed by atoms with van der Waals surface area (Å²) in [6.07, 6.45) is 3.67. The number of ether oxygens (including phenoxy) is 3. The number of carbonyl (C=O) groups excluding carboxylic acids is 3. The van der Waals surface area contributed by atoms with Crippen LogP contribution in [0.15, 0.2) is 48.7 Å². The number of amides is 3. The maximum atomic E-state index is 12.6. The molecule has 2 aromatic carbocycles. The number of methoxy groups -OCH3 is 1. The molecule has 35 heavy (non-hydrogen) atoms. The van der Waals surface area contributed by atoms with E-state index in [9.17, 15) is 14.4 Å². The number of hydrogen-bond donors (Lipinski definition) is 1.